The number of nitrogens with two attached hydrogens (primary N) is 1. The van der Waals surface area contributed by atoms with Gasteiger partial charge in [0.1, 0.15) is 13.2 Å². The van der Waals surface area contributed by atoms with Crippen LogP contribution in [0.3, 0.4) is 0 Å². The monoisotopic (exact) mass is 304 g/mol. The lowest BCUT2D eigenvalue weighted by atomic mass is 9.83. The number of amides is 1. The van der Waals surface area contributed by atoms with Gasteiger partial charge in [-0.1, -0.05) is 6.07 Å². The van der Waals surface area contributed by atoms with Crippen molar-refractivity contribution in [2.24, 2.45) is 11.7 Å². The molecule has 0 saturated heterocycles. The number of nitrogens with one attached hydrogen (secondary N) is 1. The molecule has 120 valence electrons. The van der Waals surface area contributed by atoms with E-state index in [1.807, 2.05) is 32.0 Å². The summed E-state index contributed by atoms with van der Waals surface area (Å²) < 4.78 is 11.1. The average Bonchev–Trinajstić information content (AvgIpc) is 3.36. The third-order valence-corrected chi connectivity index (χ3v) is 4.56. The first kappa shape index (κ1) is 15.2. The minimum Gasteiger partial charge on any atom is -0.486 e. The van der Waals surface area contributed by atoms with Crippen molar-refractivity contribution in [3.63, 3.8) is 0 Å². The first-order chi connectivity index (χ1) is 10.5. The SMILES string of the molecule is CC(C)(C(=O)NCC(N)C1CC1)c1ccc2c(c1)OCCO2. The smallest absolute Gasteiger partial charge is 0.230 e. The number of benzene rings is 1. The highest BCUT2D eigenvalue weighted by atomic mass is 16.6. The van der Waals surface area contributed by atoms with E-state index in [9.17, 15) is 4.79 Å². The Balaban J connectivity index is 1.69. The molecular formula is C17H24N2O3. The largest absolute Gasteiger partial charge is 0.486 e. The lowest BCUT2D eigenvalue weighted by molar-refractivity contribution is -0.125. The van der Waals surface area contributed by atoms with E-state index in [1.54, 1.807) is 0 Å². The standard InChI is InChI=1S/C17H24N2O3/c1-17(2,16(20)19-10-13(18)11-3-4-11)12-5-6-14-15(9-12)22-8-7-21-14/h5-6,9,11,13H,3-4,7-8,10,18H2,1-2H3,(H,19,20). The van der Waals surface area contributed by atoms with Crippen LogP contribution in [0.4, 0.5) is 0 Å². The van der Waals surface area contributed by atoms with Gasteiger partial charge in [-0.25, -0.2) is 0 Å². The predicted molar refractivity (Wildman–Crippen MR) is 84.2 cm³/mol. The van der Waals surface area contributed by atoms with Crippen LogP contribution in [0.2, 0.25) is 0 Å². The fourth-order valence-electron chi connectivity index (χ4n) is 2.69. The second-order valence-electron chi connectivity index (χ2n) is 6.69. The van der Waals surface area contributed by atoms with Gasteiger partial charge in [-0.3, -0.25) is 4.79 Å². The Morgan fingerprint density at radius 2 is 2.00 bits per heavy atom. The van der Waals surface area contributed by atoms with Gasteiger partial charge in [0.25, 0.3) is 0 Å². The molecule has 0 spiro atoms. The van der Waals surface area contributed by atoms with Crippen LogP contribution in [0.15, 0.2) is 18.2 Å². The number of rotatable bonds is 5. The van der Waals surface area contributed by atoms with Crippen molar-refractivity contribution in [2.75, 3.05) is 19.8 Å². The summed E-state index contributed by atoms with van der Waals surface area (Å²) in [7, 11) is 0. The Hall–Kier alpha value is -1.75. The molecule has 1 atom stereocenters. The van der Waals surface area contributed by atoms with E-state index in [4.69, 9.17) is 15.2 Å². The van der Waals surface area contributed by atoms with E-state index >= 15 is 0 Å². The molecule has 1 aromatic carbocycles. The van der Waals surface area contributed by atoms with Crippen LogP contribution in [-0.2, 0) is 10.2 Å². The van der Waals surface area contributed by atoms with Crippen molar-refractivity contribution < 1.29 is 14.3 Å². The lowest BCUT2D eigenvalue weighted by Gasteiger charge is -2.27. The van der Waals surface area contributed by atoms with Crippen molar-refractivity contribution in [1.29, 1.82) is 0 Å². The van der Waals surface area contributed by atoms with Crippen molar-refractivity contribution in [2.45, 2.75) is 38.1 Å². The maximum absolute atomic E-state index is 12.5. The molecule has 1 amide bonds. The number of fused-ring (bicyclic) bond motifs is 1. The number of carbonyl (C=O) groups excluding carboxylic acids is 1. The molecule has 1 unspecified atom stereocenters. The molecule has 1 saturated carbocycles. The first-order valence-corrected chi connectivity index (χ1v) is 7.92. The van der Waals surface area contributed by atoms with Gasteiger partial charge in [0.05, 0.1) is 5.41 Å². The fraction of sp³-hybridized carbons (Fsp3) is 0.588. The zero-order chi connectivity index (χ0) is 15.7. The van der Waals surface area contributed by atoms with Gasteiger partial charge >= 0.3 is 0 Å². The number of carbonyl (C=O) groups is 1. The normalized spacial score (nSPS) is 18.7. The van der Waals surface area contributed by atoms with E-state index < -0.39 is 5.41 Å². The highest BCUT2D eigenvalue weighted by Gasteiger charge is 2.33. The summed E-state index contributed by atoms with van der Waals surface area (Å²) in [5.74, 6) is 2.01. The molecule has 5 nitrogen and oxygen atoms in total. The molecular weight excluding hydrogens is 280 g/mol. The van der Waals surface area contributed by atoms with Crippen LogP contribution in [-0.4, -0.2) is 31.7 Å². The van der Waals surface area contributed by atoms with E-state index in [0.717, 1.165) is 11.3 Å². The molecule has 1 fully saturated rings. The second kappa shape index (κ2) is 5.80. The highest BCUT2D eigenvalue weighted by molar-refractivity contribution is 5.87. The fourth-order valence-corrected chi connectivity index (χ4v) is 2.69. The summed E-state index contributed by atoms with van der Waals surface area (Å²) >= 11 is 0. The van der Waals surface area contributed by atoms with Crippen LogP contribution >= 0.6 is 0 Å². The van der Waals surface area contributed by atoms with Crippen LogP contribution in [0.25, 0.3) is 0 Å². The molecule has 0 bridgehead atoms. The maximum Gasteiger partial charge on any atom is 0.230 e. The van der Waals surface area contributed by atoms with Gasteiger partial charge in [-0.15, -0.1) is 0 Å². The van der Waals surface area contributed by atoms with Crippen LogP contribution in [0, 0.1) is 5.92 Å². The molecule has 1 aliphatic heterocycles. The third kappa shape index (κ3) is 3.04. The second-order valence-corrected chi connectivity index (χ2v) is 6.69. The van der Waals surface area contributed by atoms with Crippen molar-refractivity contribution >= 4 is 5.91 Å². The molecule has 3 N–H and O–H groups in total. The Morgan fingerprint density at radius 1 is 1.32 bits per heavy atom. The van der Waals surface area contributed by atoms with E-state index in [-0.39, 0.29) is 11.9 Å². The quantitative estimate of drug-likeness (QED) is 0.866. The van der Waals surface area contributed by atoms with E-state index in [0.29, 0.717) is 31.4 Å². The summed E-state index contributed by atoms with van der Waals surface area (Å²) in [5.41, 5.74) is 6.32. The molecule has 3 rings (SSSR count). The van der Waals surface area contributed by atoms with Gasteiger partial charge in [0.2, 0.25) is 5.91 Å². The zero-order valence-corrected chi connectivity index (χ0v) is 13.2. The number of hydrogen-bond acceptors (Lipinski definition) is 4. The number of ether oxygens (including phenoxy) is 2. The molecule has 22 heavy (non-hydrogen) atoms. The number of hydrogen-bond donors (Lipinski definition) is 2. The van der Waals surface area contributed by atoms with Gasteiger partial charge in [-0.05, 0) is 50.3 Å². The summed E-state index contributed by atoms with van der Waals surface area (Å²) in [6.07, 6.45) is 2.37. The third-order valence-electron chi connectivity index (χ3n) is 4.56. The van der Waals surface area contributed by atoms with E-state index in [2.05, 4.69) is 5.32 Å². The highest BCUT2D eigenvalue weighted by Crippen LogP contribution is 2.35. The topological polar surface area (TPSA) is 73.6 Å². The van der Waals surface area contributed by atoms with Crippen molar-refractivity contribution in [1.82, 2.24) is 5.32 Å². The molecule has 0 aromatic heterocycles. The van der Waals surface area contributed by atoms with E-state index in [1.165, 1.54) is 12.8 Å². The molecule has 0 radical (unpaired) electrons. The lowest BCUT2D eigenvalue weighted by Crippen LogP contribution is -2.45. The Morgan fingerprint density at radius 3 is 2.68 bits per heavy atom. The Kier molecular flexibility index (Phi) is 4.00. The van der Waals surface area contributed by atoms with Gasteiger partial charge in [-0.2, -0.15) is 0 Å². The molecule has 1 heterocycles. The summed E-state index contributed by atoms with van der Waals surface area (Å²) in [6.45, 7) is 5.47. The molecule has 1 aliphatic carbocycles. The first-order valence-electron chi connectivity index (χ1n) is 7.92. The summed E-state index contributed by atoms with van der Waals surface area (Å²) in [6, 6.07) is 5.76. The average molecular weight is 304 g/mol. The van der Waals surface area contributed by atoms with Crippen LogP contribution in [0.1, 0.15) is 32.3 Å². The van der Waals surface area contributed by atoms with Gasteiger partial charge < -0.3 is 20.5 Å². The van der Waals surface area contributed by atoms with Gasteiger partial charge in [0.15, 0.2) is 11.5 Å². The minimum atomic E-state index is -0.640. The Labute approximate surface area is 131 Å². The van der Waals surface area contributed by atoms with Crippen LogP contribution in [0.5, 0.6) is 11.5 Å². The van der Waals surface area contributed by atoms with Gasteiger partial charge in [0, 0.05) is 12.6 Å². The van der Waals surface area contributed by atoms with Crippen molar-refractivity contribution in [3.8, 4) is 11.5 Å². The predicted octanol–water partition coefficient (Wildman–Crippen LogP) is 1.59. The summed E-state index contributed by atoms with van der Waals surface area (Å²) in [5, 5.41) is 2.99. The maximum atomic E-state index is 12.5. The van der Waals surface area contributed by atoms with Crippen LogP contribution < -0.4 is 20.5 Å². The molecule has 2 aliphatic rings. The molecule has 1 aromatic rings. The molecule has 5 heteroatoms. The summed E-state index contributed by atoms with van der Waals surface area (Å²) in [4.78, 5) is 12.5. The minimum absolute atomic E-state index is 0.0136. The van der Waals surface area contributed by atoms with Crippen molar-refractivity contribution in [3.05, 3.63) is 23.8 Å². The Bertz CT molecular complexity index is 567. The zero-order valence-electron chi connectivity index (χ0n) is 13.2.